The molecule has 156 valence electrons. The Bertz CT molecular complexity index is 1170. The monoisotopic (exact) mass is 415 g/mol. The summed E-state index contributed by atoms with van der Waals surface area (Å²) in [5.74, 6) is 1.69. The third-order valence-electron chi connectivity index (χ3n) is 5.16. The van der Waals surface area contributed by atoms with Crippen LogP contribution in [-0.2, 0) is 4.74 Å². The van der Waals surface area contributed by atoms with Crippen LogP contribution in [0, 0.1) is 0 Å². The van der Waals surface area contributed by atoms with E-state index in [9.17, 15) is 4.79 Å². The highest BCUT2D eigenvalue weighted by Crippen LogP contribution is 2.27. The van der Waals surface area contributed by atoms with Crippen LogP contribution in [0.5, 0.6) is 11.6 Å². The van der Waals surface area contributed by atoms with Crippen LogP contribution < -0.4 is 10.1 Å². The molecule has 0 unspecified atom stereocenters. The number of nitrogens with zero attached hydrogens (tertiary/aromatic N) is 3. The molecule has 5 rings (SSSR count). The number of para-hydroxylation sites is 2. The standard InChI is InChI=1S/C23H21N5O3/c29-20(21-27-18-3-1-2-4-19(18)28-21)15-5-7-17(8-6-15)31-23-22(24-11-12-25-23)26-16-9-13-30-14-10-16/h1-8,11-12,16H,9-10,13-14H2,(H,24,26)(H,27,28). The van der Waals surface area contributed by atoms with E-state index in [1.807, 2.05) is 24.3 Å². The Morgan fingerprint density at radius 1 is 1.03 bits per heavy atom. The van der Waals surface area contributed by atoms with Crippen LogP contribution in [0.15, 0.2) is 60.9 Å². The minimum absolute atomic E-state index is 0.177. The number of carbonyl (C=O) groups is 1. The molecular formula is C23H21N5O3. The van der Waals surface area contributed by atoms with Crippen LogP contribution in [0.25, 0.3) is 11.0 Å². The smallest absolute Gasteiger partial charge is 0.262 e. The highest BCUT2D eigenvalue weighted by molar-refractivity contribution is 6.08. The van der Waals surface area contributed by atoms with Gasteiger partial charge >= 0.3 is 0 Å². The number of imidazole rings is 1. The summed E-state index contributed by atoms with van der Waals surface area (Å²) in [6.07, 6.45) is 5.04. The predicted molar refractivity (Wildman–Crippen MR) is 116 cm³/mol. The molecule has 0 spiro atoms. The Morgan fingerprint density at radius 3 is 2.61 bits per heavy atom. The van der Waals surface area contributed by atoms with Gasteiger partial charge in [-0.15, -0.1) is 0 Å². The van der Waals surface area contributed by atoms with E-state index >= 15 is 0 Å². The third-order valence-corrected chi connectivity index (χ3v) is 5.16. The van der Waals surface area contributed by atoms with Gasteiger partial charge in [0.2, 0.25) is 5.78 Å². The molecule has 31 heavy (non-hydrogen) atoms. The summed E-state index contributed by atoms with van der Waals surface area (Å²) in [4.78, 5) is 28.9. The van der Waals surface area contributed by atoms with E-state index in [2.05, 4.69) is 25.3 Å². The van der Waals surface area contributed by atoms with E-state index in [1.165, 1.54) is 0 Å². The van der Waals surface area contributed by atoms with Gasteiger partial charge in [-0.2, -0.15) is 0 Å². The van der Waals surface area contributed by atoms with Gasteiger partial charge in [0.15, 0.2) is 11.6 Å². The number of anilines is 1. The first-order valence-corrected chi connectivity index (χ1v) is 10.2. The van der Waals surface area contributed by atoms with Gasteiger partial charge in [-0.3, -0.25) is 4.79 Å². The first-order valence-electron chi connectivity index (χ1n) is 10.2. The fourth-order valence-electron chi connectivity index (χ4n) is 3.52. The predicted octanol–water partition coefficient (Wildman–Crippen LogP) is 3.97. The summed E-state index contributed by atoms with van der Waals surface area (Å²) in [5.41, 5.74) is 2.11. The van der Waals surface area contributed by atoms with Crippen molar-refractivity contribution < 1.29 is 14.3 Å². The van der Waals surface area contributed by atoms with Crippen molar-refractivity contribution in [2.24, 2.45) is 0 Å². The SMILES string of the molecule is O=C(c1ccc(Oc2nccnc2NC2CCOCC2)cc1)c1nc2ccccc2[nH]1. The van der Waals surface area contributed by atoms with Gasteiger partial charge in [-0.25, -0.2) is 15.0 Å². The fraction of sp³-hybridized carbons (Fsp3) is 0.217. The Labute approximate surface area is 178 Å². The van der Waals surface area contributed by atoms with E-state index in [-0.39, 0.29) is 11.8 Å². The highest BCUT2D eigenvalue weighted by atomic mass is 16.5. The summed E-state index contributed by atoms with van der Waals surface area (Å²) in [5, 5.41) is 3.39. The quantitative estimate of drug-likeness (QED) is 0.460. The van der Waals surface area contributed by atoms with Crippen molar-refractivity contribution in [1.82, 2.24) is 19.9 Å². The minimum Gasteiger partial charge on any atom is -0.436 e. The number of aromatic amines is 1. The van der Waals surface area contributed by atoms with Crippen molar-refractivity contribution in [2.75, 3.05) is 18.5 Å². The molecule has 2 N–H and O–H groups in total. The van der Waals surface area contributed by atoms with Crippen LogP contribution in [0.4, 0.5) is 5.82 Å². The minimum atomic E-state index is -0.177. The Kier molecular flexibility index (Phi) is 5.28. The number of H-pyrrole nitrogens is 1. The van der Waals surface area contributed by atoms with Crippen molar-refractivity contribution in [3.63, 3.8) is 0 Å². The van der Waals surface area contributed by atoms with Crippen molar-refractivity contribution in [1.29, 1.82) is 0 Å². The highest BCUT2D eigenvalue weighted by Gasteiger charge is 2.18. The lowest BCUT2D eigenvalue weighted by molar-refractivity contribution is 0.0903. The molecule has 0 aliphatic carbocycles. The summed E-state index contributed by atoms with van der Waals surface area (Å²) in [6, 6.07) is 14.7. The zero-order chi connectivity index (χ0) is 21.0. The van der Waals surface area contributed by atoms with Crippen LogP contribution >= 0.6 is 0 Å². The van der Waals surface area contributed by atoms with E-state index < -0.39 is 0 Å². The molecule has 2 aromatic carbocycles. The van der Waals surface area contributed by atoms with Crippen LogP contribution in [0.1, 0.15) is 29.0 Å². The van der Waals surface area contributed by atoms with Crippen LogP contribution in [0.2, 0.25) is 0 Å². The second-order valence-electron chi connectivity index (χ2n) is 7.30. The number of fused-ring (bicyclic) bond motifs is 1. The number of rotatable bonds is 6. The summed E-state index contributed by atoms with van der Waals surface area (Å²) >= 11 is 0. The zero-order valence-corrected chi connectivity index (χ0v) is 16.7. The Balaban J connectivity index is 1.31. The molecule has 2 aromatic heterocycles. The molecule has 0 bridgehead atoms. The lowest BCUT2D eigenvalue weighted by Gasteiger charge is -2.24. The first kappa shape index (κ1) is 19.2. The van der Waals surface area contributed by atoms with E-state index in [1.54, 1.807) is 36.7 Å². The molecule has 0 amide bonds. The second kappa shape index (κ2) is 8.53. The lowest BCUT2D eigenvalue weighted by Crippen LogP contribution is -2.28. The van der Waals surface area contributed by atoms with E-state index in [0.29, 0.717) is 28.8 Å². The van der Waals surface area contributed by atoms with E-state index in [0.717, 1.165) is 37.1 Å². The maximum atomic E-state index is 12.8. The van der Waals surface area contributed by atoms with Gasteiger partial charge < -0.3 is 19.8 Å². The van der Waals surface area contributed by atoms with Crippen LogP contribution in [-0.4, -0.2) is 45.0 Å². The molecule has 8 heteroatoms. The molecule has 1 fully saturated rings. The molecule has 8 nitrogen and oxygen atoms in total. The molecule has 1 aliphatic rings. The number of nitrogens with one attached hydrogen (secondary N) is 2. The van der Waals surface area contributed by atoms with Crippen molar-refractivity contribution in [2.45, 2.75) is 18.9 Å². The van der Waals surface area contributed by atoms with Crippen molar-refractivity contribution in [3.05, 3.63) is 72.3 Å². The Morgan fingerprint density at radius 2 is 1.81 bits per heavy atom. The zero-order valence-electron chi connectivity index (χ0n) is 16.7. The average Bonchev–Trinajstić information content (AvgIpc) is 3.25. The number of ether oxygens (including phenoxy) is 2. The van der Waals surface area contributed by atoms with Gasteiger partial charge in [0.25, 0.3) is 5.88 Å². The Hall–Kier alpha value is -3.78. The molecule has 3 heterocycles. The maximum absolute atomic E-state index is 12.8. The second-order valence-corrected chi connectivity index (χ2v) is 7.30. The largest absolute Gasteiger partial charge is 0.436 e. The number of hydrogen-bond acceptors (Lipinski definition) is 7. The normalized spacial score (nSPS) is 14.5. The molecule has 1 saturated heterocycles. The number of benzene rings is 2. The molecule has 1 aliphatic heterocycles. The summed E-state index contributed by atoms with van der Waals surface area (Å²) in [6.45, 7) is 1.46. The summed E-state index contributed by atoms with van der Waals surface area (Å²) < 4.78 is 11.3. The van der Waals surface area contributed by atoms with Gasteiger partial charge in [0.05, 0.1) is 11.0 Å². The summed E-state index contributed by atoms with van der Waals surface area (Å²) in [7, 11) is 0. The molecule has 4 aromatic rings. The molecule has 0 radical (unpaired) electrons. The topological polar surface area (TPSA) is 102 Å². The van der Waals surface area contributed by atoms with Gasteiger partial charge in [-0.1, -0.05) is 12.1 Å². The number of ketones is 1. The van der Waals surface area contributed by atoms with Gasteiger partial charge in [0.1, 0.15) is 5.75 Å². The van der Waals surface area contributed by atoms with Gasteiger partial charge in [0, 0.05) is 37.2 Å². The first-order chi connectivity index (χ1) is 15.3. The molecule has 0 saturated carbocycles. The number of aromatic nitrogens is 4. The number of hydrogen-bond donors (Lipinski definition) is 2. The van der Waals surface area contributed by atoms with Gasteiger partial charge in [-0.05, 0) is 49.2 Å². The van der Waals surface area contributed by atoms with Crippen molar-refractivity contribution in [3.8, 4) is 11.6 Å². The molecule has 0 atom stereocenters. The fourth-order valence-corrected chi connectivity index (χ4v) is 3.52. The van der Waals surface area contributed by atoms with Crippen molar-refractivity contribution >= 4 is 22.6 Å². The number of carbonyl (C=O) groups excluding carboxylic acids is 1. The third kappa shape index (κ3) is 4.24. The van der Waals surface area contributed by atoms with Crippen LogP contribution in [0.3, 0.4) is 0 Å². The van der Waals surface area contributed by atoms with E-state index in [4.69, 9.17) is 9.47 Å². The average molecular weight is 415 g/mol. The maximum Gasteiger partial charge on any atom is 0.262 e. The molecular weight excluding hydrogens is 394 g/mol. The lowest BCUT2D eigenvalue weighted by atomic mass is 10.1.